The molecule has 0 saturated heterocycles. The Morgan fingerprint density at radius 2 is 1.45 bits per heavy atom. The smallest absolute Gasteiger partial charge is 0.249 e. The van der Waals surface area contributed by atoms with E-state index in [4.69, 9.17) is 4.99 Å². The monoisotopic (exact) mass is 301 g/mol. The van der Waals surface area contributed by atoms with E-state index >= 15 is 0 Å². The number of aliphatic imine (C=N–C) groups is 1. The minimum absolute atomic E-state index is 0.483. The van der Waals surface area contributed by atoms with Crippen molar-refractivity contribution in [2.24, 2.45) is 4.99 Å². The van der Waals surface area contributed by atoms with Gasteiger partial charge in [0.25, 0.3) is 0 Å². The molecule has 0 bridgehead atoms. The Morgan fingerprint density at radius 1 is 0.818 bits per heavy atom. The average molecular weight is 301 g/mol. The summed E-state index contributed by atoms with van der Waals surface area (Å²) < 4.78 is 1.98. The fourth-order valence-electron chi connectivity index (χ4n) is 3.53. The molecule has 0 unspecified atom stereocenters. The lowest BCUT2D eigenvalue weighted by atomic mass is 9.95. The van der Waals surface area contributed by atoms with Gasteiger partial charge in [-0.3, -0.25) is 0 Å². The highest BCUT2D eigenvalue weighted by Crippen LogP contribution is 2.21. The zero-order valence-electron chi connectivity index (χ0n) is 13.5. The van der Waals surface area contributed by atoms with Crippen LogP contribution in [0.5, 0.6) is 0 Å². The Labute approximate surface area is 134 Å². The van der Waals surface area contributed by atoms with Gasteiger partial charge < -0.3 is 5.32 Å². The minimum Gasteiger partial charge on any atom is -0.349 e. The number of aromatic nitrogens is 1. The van der Waals surface area contributed by atoms with Gasteiger partial charge in [0.1, 0.15) is 0 Å². The van der Waals surface area contributed by atoms with Crippen molar-refractivity contribution < 1.29 is 4.68 Å². The first-order valence-electron chi connectivity index (χ1n) is 8.98. The molecule has 120 valence electrons. The van der Waals surface area contributed by atoms with Crippen molar-refractivity contribution in [1.29, 1.82) is 0 Å². The van der Waals surface area contributed by atoms with Crippen molar-refractivity contribution in [1.82, 2.24) is 5.32 Å². The van der Waals surface area contributed by atoms with E-state index < -0.39 is 0 Å². The fraction of sp³-hybridized carbons (Fsp3) is 0.667. The van der Waals surface area contributed by atoms with Gasteiger partial charge in [0.15, 0.2) is 12.4 Å². The molecule has 1 aromatic heterocycles. The maximum Gasteiger partial charge on any atom is 0.249 e. The van der Waals surface area contributed by atoms with E-state index in [1.54, 1.807) is 0 Å². The molecule has 0 spiro atoms. The second kappa shape index (κ2) is 8.16. The van der Waals surface area contributed by atoms with Gasteiger partial charge in [0.05, 0.1) is 6.04 Å². The molecule has 0 atom stereocenters. The van der Waals surface area contributed by atoms with Crippen LogP contribution in [0.3, 0.4) is 0 Å². The van der Waals surface area contributed by atoms with Crippen molar-refractivity contribution >= 4 is 5.96 Å². The highest BCUT2D eigenvalue weighted by molar-refractivity contribution is 5.86. The molecule has 2 aliphatic rings. The summed E-state index contributed by atoms with van der Waals surface area (Å²) in [7, 11) is 0. The second-order valence-corrected chi connectivity index (χ2v) is 6.64. The standard InChI is InChI=1S/C18H29N4/c1-4-10-16(11-5-1)19-18(20-17-12-6-2-7-13-17)21-22-14-8-3-9-15-22/h3,8-9,14-17H,1-2,4-7,10-13H2,(H2,19,20,21)/q+1. The van der Waals surface area contributed by atoms with Crippen LogP contribution in [-0.2, 0) is 0 Å². The predicted octanol–water partition coefficient (Wildman–Crippen LogP) is 3.13. The molecule has 0 radical (unpaired) electrons. The summed E-state index contributed by atoms with van der Waals surface area (Å²) in [5.74, 6) is 0.954. The van der Waals surface area contributed by atoms with Crippen LogP contribution >= 0.6 is 0 Å². The molecule has 2 fully saturated rings. The SMILES string of the molecule is c1cc[n+](NC(=NC2CCCCC2)NC2CCCCC2)cc1. The molecule has 0 amide bonds. The van der Waals surface area contributed by atoms with Gasteiger partial charge in [-0.15, -0.1) is 5.43 Å². The number of nitrogens with zero attached hydrogens (tertiary/aromatic N) is 2. The van der Waals surface area contributed by atoms with Gasteiger partial charge in [-0.25, -0.2) is 4.99 Å². The Kier molecular flexibility index (Phi) is 5.68. The highest BCUT2D eigenvalue weighted by atomic mass is 15.5. The molecule has 0 aliphatic heterocycles. The topological polar surface area (TPSA) is 40.3 Å². The van der Waals surface area contributed by atoms with Crippen LogP contribution in [0.1, 0.15) is 64.2 Å². The molecule has 2 N–H and O–H groups in total. The van der Waals surface area contributed by atoms with Crippen molar-refractivity contribution in [2.45, 2.75) is 76.3 Å². The van der Waals surface area contributed by atoms with Crippen LogP contribution in [0.15, 0.2) is 35.6 Å². The third-order valence-corrected chi connectivity index (χ3v) is 4.78. The summed E-state index contributed by atoms with van der Waals surface area (Å²) in [6.07, 6.45) is 17.1. The van der Waals surface area contributed by atoms with E-state index in [0.717, 1.165) is 5.96 Å². The highest BCUT2D eigenvalue weighted by Gasteiger charge is 2.19. The molecular formula is C18H29N4+. The van der Waals surface area contributed by atoms with Crippen LogP contribution in [0.2, 0.25) is 0 Å². The third-order valence-electron chi connectivity index (χ3n) is 4.78. The summed E-state index contributed by atoms with van der Waals surface area (Å²) in [5, 5.41) is 3.67. The normalized spacial score (nSPS) is 21.5. The second-order valence-electron chi connectivity index (χ2n) is 6.64. The van der Waals surface area contributed by atoms with Crippen molar-refractivity contribution in [3.63, 3.8) is 0 Å². The predicted molar refractivity (Wildman–Crippen MR) is 90.3 cm³/mol. The number of guanidine groups is 1. The van der Waals surface area contributed by atoms with Crippen molar-refractivity contribution in [3.05, 3.63) is 30.6 Å². The molecule has 1 heterocycles. The van der Waals surface area contributed by atoms with E-state index in [2.05, 4.69) is 10.7 Å². The number of nitrogens with one attached hydrogen (secondary N) is 2. The number of rotatable bonds is 3. The fourth-order valence-corrected chi connectivity index (χ4v) is 3.53. The zero-order chi connectivity index (χ0) is 15.0. The lowest BCUT2D eigenvalue weighted by Gasteiger charge is -2.25. The summed E-state index contributed by atoms with van der Waals surface area (Å²) in [4.78, 5) is 5.00. The van der Waals surface area contributed by atoms with Crippen LogP contribution < -0.4 is 15.4 Å². The number of hydrogen-bond acceptors (Lipinski definition) is 1. The van der Waals surface area contributed by atoms with E-state index in [1.807, 2.05) is 35.3 Å². The average Bonchev–Trinajstić information content (AvgIpc) is 2.57. The van der Waals surface area contributed by atoms with E-state index in [-0.39, 0.29) is 0 Å². The summed E-state index contributed by atoms with van der Waals surface area (Å²) in [6, 6.07) is 7.16. The van der Waals surface area contributed by atoms with Crippen molar-refractivity contribution in [2.75, 3.05) is 5.43 Å². The lowest BCUT2D eigenvalue weighted by Crippen LogP contribution is -2.54. The number of hydrogen-bond donors (Lipinski definition) is 2. The van der Waals surface area contributed by atoms with E-state index in [1.165, 1.54) is 64.2 Å². The molecule has 22 heavy (non-hydrogen) atoms. The molecule has 4 nitrogen and oxygen atoms in total. The minimum atomic E-state index is 0.483. The summed E-state index contributed by atoms with van der Waals surface area (Å²) in [6.45, 7) is 0. The Morgan fingerprint density at radius 3 is 2.14 bits per heavy atom. The zero-order valence-corrected chi connectivity index (χ0v) is 13.5. The van der Waals surface area contributed by atoms with Gasteiger partial charge in [0.2, 0.25) is 5.96 Å². The van der Waals surface area contributed by atoms with Gasteiger partial charge in [-0.05, 0) is 25.7 Å². The number of pyridine rings is 1. The van der Waals surface area contributed by atoms with E-state index in [0.29, 0.717) is 12.1 Å². The third kappa shape index (κ3) is 4.72. The quantitative estimate of drug-likeness (QED) is 0.511. The van der Waals surface area contributed by atoms with Gasteiger partial charge in [-0.1, -0.05) is 49.3 Å². The molecule has 0 aromatic carbocycles. The molecule has 4 heteroatoms. The first kappa shape index (κ1) is 15.3. The molecule has 2 saturated carbocycles. The van der Waals surface area contributed by atoms with Crippen molar-refractivity contribution in [3.8, 4) is 0 Å². The van der Waals surface area contributed by atoms with Gasteiger partial charge in [0, 0.05) is 18.2 Å². The summed E-state index contributed by atoms with van der Waals surface area (Å²) in [5.41, 5.74) is 3.43. The largest absolute Gasteiger partial charge is 0.349 e. The summed E-state index contributed by atoms with van der Waals surface area (Å²) >= 11 is 0. The van der Waals surface area contributed by atoms with Crippen LogP contribution in [-0.4, -0.2) is 18.0 Å². The Balaban J connectivity index is 1.67. The van der Waals surface area contributed by atoms with Gasteiger partial charge in [-0.2, -0.15) is 0 Å². The van der Waals surface area contributed by atoms with Crippen LogP contribution in [0, 0.1) is 0 Å². The van der Waals surface area contributed by atoms with Gasteiger partial charge >= 0.3 is 0 Å². The lowest BCUT2D eigenvalue weighted by molar-refractivity contribution is -0.640. The molecule has 1 aromatic rings. The van der Waals surface area contributed by atoms with E-state index in [9.17, 15) is 0 Å². The molecule has 2 aliphatic carbocycles. The molecular weight excluding hydrogens is 272 g/mol. The maximum atomic E-state index is 5.00. The maximum absolute atomic E-state index is 5.00. The van der Waals surface area contributed by atoms with Crippen LogP contribution in [0.25, 0.3) is 0 Å². The Hall–Kier alpha value is -1.58. The van der Waals surface area contributed by atoms with Crippen LogP contribution in [0.4, 0.5) is 0 Å². The first-order chi connectivity index (χ1) is 10.9. The Bertz CT molecular complexity index is 459. The molecule has 3 rings (SSSR count). The first-order valence-corrected chi connectivity index (χ1v) is 8.98.